The van der Waals surface area contributed by atoms with E-state index in [0.717, 1.165) is 0 Å². The number of hydrogen-bond donors (Lipinski definition) is 1. The lowest BCUT2D eigenvalue weighted by atomic mass is 10.1. The lowest BCUT2D eigenvalue weighted by Crippen LogP contribution is -1.91. The average molecular weight is 273 g/mol. The van der Waals surface area contributed by atoms with Crippen LogP contribution in [0.2, 0.25) is 0 Å². The molecule has 1 aromatic heterocycles. The summed E-state index contributed by atoms with van der Waals surface area (Å²) in [6.07, 6.45) is 2.68. The molecule has 0 radical (unpaired) electrons. The smallest absolute Gasteiger partial charge is 0.311 e. The number of nitro benzene ring substituents is 1. The molecule has 102 valence electrons. The molecule has 0 amide bonds. The maximum Gasteiger partial charge on any atom is 0.311 e. The molecule has 0 aliphatic carbocycles. The molecular formula is C14H11NO5. The molecule has 0 atom stereocenters. The van der Waals surface area contributed by atoms with E-state index in [4.69, 9.17) is 4.42 Å². The molecule has 0 fully saturated rings. The summed E-state index contributed by atoms with van der Waals surface area (Å²) in [5.74, 6) is 0.0722. The van der Waals surface area contributed by atoms with Crippen molar-refractivity contribution in [1.82, 2.24) is 0 Å². The van der Waals surface area contributed by atoms with E-state index in [-0.39, 0.29) is 11.5 Å². The quantitative estimate of drug-likeness (QED) is 0.400. The van der Waals surface area contributed by atoms with Crippen molar-refractivity contribution < 1.29 is 19.2 Å². The summed E-state index contributed by atoms with van der Waals surface area (Å²) in [7, 11) is 0. The lowest BCUT2D eigenvalue weighted by molar-refractivity contribution is -0.385. The Hall–Kier alpha value is -2.89. The van der Waals surface area contributed by atoms with Crippen molar-refractivity contribution in [3.8, 4) is 5.75 Å². The highest BCUT2D eigenvalue weighted by molar-refractivity contribution is 6.04. The number of furan rings is 1. The van der Waals surface area contributed by atoms with Gasteiger partial charge >= 0.3 is 5.69 Å². The van der Waals surface area contributed by atoms with Crippen LogP contribution in [0.15, 0.2) is 40.8 Å². The van der Waals surface area contributed by atoms with Gasteiger partial charge in [-0.2, -0.15) is 0 Å². The molecule has 0 spiro atoms. The Morgan fingerprint density at radius 3 is 2.70 bits per heavy atom. The number of aryl methyl sites for hydroxylation is 1. The summed E-state index contributed by atoms with van der Waals surface area (Å²) >= 11 is 0. The van der Waals surface area contributed by atoms with Crippen molar-refractivity contribution in [2.24, 2.45) is 0 Å². The van der Waals surface area contributed by atoms with E-state index in [0.29, 0.717) is 11.3 Å². The summed E-state index contributed by atoms with van der Waals surface area (Å²) in [5.41, 5.74) is 0.0274. The molecule has 0 aliphatic rings. The van der Waals surface area contributed by atoms with Crippen LogP contribution in [0.5, 0.6) is 5.75 Å². The van der Waals surface area contributed by atoms with Gasteiger partial charge in [0.2, 0.25) is 5.78 Å². The molecule has 20 heavy (non-hydrogen) atoms. The van der Waals surface area contributed by atoms with Crippen LogP contribution < -0.4 is 0 Å². The fourth-order valence-corrected chi connectivity index (χ4v) is 1.61. The predicted octanol–water partition coefficient (Wildman–Crippen LogP) is 3.10. The number of nitrogens with zero attached hydrogens (tertiary/aromatic N) is 1. The fraction of sp³-hybridized carbons (Fsp3) is 0.0714. The minimum Gasteiger partial charge on any atom is -0.502 e. The van der Waals surface area contributed by atoms with Crippen molar-refractivity contribution in [1.29, 1.82) is 0 Å². The summed E-state index contributed by atoms with van der Waals surface area (Å²) in [6.45, 7) is 1.73. The molecule has 6 nitrogen and oxygen atoms in total. The van der Waals surface area contributed by atoms with Gasteiger partial charge in [-0.1, -0.05) is 12.1 Å². The van der Waals surface area contributed by atoms with Gasteiger partial charge in [-0.3, -0.25) is 14.9 Å². The first-order chi connectivity index (χ1) is 9.47. The van der Waals surface area contributed by atoms with Gasteiger partial charge in [0.25, 0.3) is 0 Å². The Kier molecular flexibility index (Phi) is 3.65. The maximum atomic E-state index is 11.8. The van der Waals surface area contributed by atoms with Crippen LogP contribution in [-0.2, 0) is 0 Å². The van der Waals surface area contributed by atoms with Gasteiger partial charge in [0, 0.05) is 6.07 Å². The molecule has 0 saturated carbocycles. The fourth-order valence-electron chi connectivity index (χ4n) is 1.61. The summed E-state index contributed by atoms with van der Waals surface area (Å²) in [4.78, 5) is 21.7. The molecule has 2 aromatic rings. The molecule has 0 bridgehead atoms. The first-order valence-corrected chi connectivity index (χ1v) is 5.73. The summed E-state index contributed by atoms with van der Waals surface area (Å²) in [6, 6.07) is 7.10. The zero-order valence-corrected chi connectivity index (χ0v) is 10.6. The van der Waals surface area contributed by atoms with Crippen LogP contribution in [0.25, 0.3) is 6.08 Å². The molecule has 2 rings (SSSR count). The minimum absolute atomic E-state index is 0.201. The van der Waals surface area contributed by atoms with E-state index in [1.807, 2.05) is 0 Å². The normalized spacial score (nSPS) is 10.8. The summed E-state index contributed by atoms with van der Waals surface area (Å²) in [5, 5.41) is 20.0. The molecule has 0 aliphatic heterocycles. The van der Waals surface area contributed by atoms with Crippen molar-refractivity contribution in [2.45, 2.75) is 6.92 Å². The van der Waals surface area contributed by atoms with Crippen molar-refractivity contribution in [3.05, 3.63) is 63.6 Å². The number of aromatic hydroxyl groups is 1. The number of phenols is 1. The van der Waals surface area contributed by atoms with Crippen LogP contribution in [0.1, 0.15) is 21.9 Å². The number of carbonyl (C=O) groups excluding carboxylic acids is 1. The largest absolute Gasteiger partial charge is 0.502 e. The van der Waals surface area contributed by atoms with E-state index < -0.39 is 16.4 Å². The van der Waals surface area contributed by atoms with Gasteiger partial charge < -0.3 is 9.52 Å². The van der Waals surface area contributed by atoms with Crippen LogP contribution in [0.4, 0.5) is 5.69 Å². The number of carbonyl (C=O) groups is 1. The molecule has 1 aromatic carbocycles. The molecular weight excluding hydrogens is 262 g/mol. The van der Waals surface area contributed by atoms with E-state index in [1.54, 1.807) is 19.1 Å². The predicted molar refractivity (Wildman–Crippen MR) is 71.6 cm³/mol. The van der Waals surface area contributed by atoms with Gasteiger partial charge in [-0.05, 0) is 36.8 Å². The molecule has 0 unspecified atom stereocenters. The first-order valence-electron chi connectivity index (χ1n) is 5.73. The Bertz CT molecular complexity index is 699. The number of nitro groups is 1. The van der Waals surface area contributed by atoms with Crippen molar-refractivity contribution in [3.63, 3.8) is 0 Å². The second-order valence-electron chi connectivity index (χ2n) is 4.11. The summed E-state index contributed by atoms with van der Waals surface area (Å²) < 4.78 is 5.17. The maximum absolute atomic E-state index is 11.8. The number of benzene rings is 1. The van der Waals surface area contributed by atoms with Gasteiger partial charge in [-0.15, -0.1) is 0 Å². The van der Waals surface area contributed by atoms with E-state index in [9.17, 15) is 20.0 Å². The highest BCUT2D eigenvalue weighted by atomic mass is 16.6. The van der Waals surface area contributed by atoms with E-state index in [2.05, 4.69) is 0 Å². The third-order valence-electron chi connectivity index (χ3n) is 2.61. The van der Waals surface area contributed by atoms with Crippen molar-refractivity contribution >= 4 is 17.5 Å². The highest BCUT2D eigenvalue weighted by Crippen LogP contribution is 2.26. The zero-order valence-electron chi connectivity index (χ0n) is 10.6. The van der Waals surface area contributed by atoms with Gasteiger partial charge in [0.05, 0.1) is 4.92 Å². The minimum atomic E-state index is -0.690. The molecule has 1 heterocycles. The monoisotopic (exact) mass is 273 g/mol. The lowest BCUT2D eigenvalue weighted by Gasteiger charge is -1.97. The van der Waals surface area contributed by atoms with Crippen LogP contribution in [0, 0.1) is 17.0 Å². The topological polar surface area (TPSA) is 93.6 Å². The number of rotatable bonds is 4. The average Bonchev–Trinajstić information content (AvgIpc) is 2.84. The van der Waals surface area contributed by atoms with Crippen molar-refractivity contribution in [2.75, 3.05) is 0 Å². The van der Waals surface area contributed by atoms with Crippen LogP contribution in [-0.4, -0.2) is 15.8 Å². The number of phenolic OH excluding ortho intramolecular Hbond substituents is 1. The van der Waals surface area contributed by atoms with Gasteiger partial charge in [-0.25, -0.2) is 0 Å². The Balaban J connectivity index is 2.21. The zero-order chi connectivity index (χ0) is 14.7. The second-order valence-corrected chi connectivity index (χ2v) is 4.11. The van der Waals surface area contributed by atoms with Gasteiger partial charge in [0.1, 0.15) is 5.76 Å². The third-order valence-corrected chi connectivity index (χ3v) is 2.61. The Morgan fingerprint density at radius 1 is 1.35 bits per heavy atom. The number of hydrogen-bond acceptors (Lipinski definition) is 5. The SMILES string of the molecule is Cc1ccc(C(=O)/C=C/c2ccc(O)c([N+](=O)[O-])c2)o1. The highest BCUT2D eigenvalue weighted by Gasteiger charge is 2.13. The Morgan fingerprint density at radius 2 is 2.10 bits per heavy atom. The standard InChI is InChI=1S/C14H11NO5/c1-9-2-7-14(20-9)13(17)6-4-10-3-5-12(16)11(8-10)15(18)19/h2-8,16H,1H3/b6-4+. The number of ketones is 1. The van der Waals surface area contributed by atoms with Gasteiger partial charge in [0.15, 0.2) is 11.5 Å². The van der Waals surface area contributed by atoms with Crippen LogP contribution in [0.3, 0.4) is 0 Å². The number of allylic oxidation sites excluding steroid dienone is 1. The third kappa shape index (κ3) is 2.92. The molecule has 0 saturated heterocycles. The first kappa shape index (κ1) is 13.5. The van der Waals surface area contributed by atoms with E-state index >= 15 is 0 Å². The van der Waals surface area contributed by atoms with Crippen LogP contribution >= 0.6 is 0 Å². The Labute approximate surface area is 114 Å². The molecule has 1 N–H and O–H groups in total. The van der Waals surface area contributed by atoms with E-state index in [1.165, 1.54) is 30.4 Å². The second kappa shape index (κ2) is 5.40. The molecule has 6 heteroatoms.